The predicted molar refractivity (Wildman–Crippen MR) is 110 cm³/mol. The number of aromatic nitrogens is 2. The molecule has 29 heavy (non-hydrogen) atoms. The van der Waals surface area contributed by atoms with Crippen LogP contribution in [0.1, 0.15) is 49.8 Å². The van der Waals surface area contributed by atoms with E-state index in [-0.39, 0.29) is 24.2 Å². The molecule has 7 nitrogen and oxygen atoms in total. The second-order valence-electron chi connectivity index (χ2n) is 7.99. The lowest BCUT2D eigenvalue weighted by molar-refractivity contribution is -0.140. The van der Waals surface area contributed by atoms with Gasteiger partial charge in [0, 0.05) is 23.4 Å². The van der Waals surface area contributed by atoms with E-state index in [1.54, 1.807) is 7.11 Å². The maximum absolute atomic E-state index is 12.7. The second kappa shape index (κ2) is 9.11. The summed E-state index contributed by atoms with van der Waals surface area (Å²) in [5.74, 6) is -0.148. The first-order valence-electron chi connectivity index (χ1n) is 10.1. The Hall–Kier alpha value is -2.83. The molecule has 1 aromatic carbocycles. The van der Waals surface area contributed by atoms with Gasteiger partial charge in [-0.1, -0.05) is 19.3 Å². The van der Waals surface area contributed by atoms with Gasteiger partial charge in [-0.05, 0) is 49.4 Å². The number of hydrogen-bond acceptors (Lipinski definition) is 4. The Bertz CT molecular complexity index is 851. The smallest absolute Gasteiger partial charge is 0.303 e. The Labute approximate surface area is 170 Å². The highest BCUT2D eigenvalue weighted by Gasteiger charge is 2.34. The normalized spacial score (nSPS) is 15.7. The van der Waals surface area contributed by atoms with Crippen LogP contribution in [0.3, 0.4) is 0 Å². The van der Waals surface area contributed by atoms with Gasteiger partial charge in [0.25, 0.3) is 0 Å². The van der Waals surface area contributed by atoms with Gasteiger partial charge in [-0.3, -0.25) is 14.7 Å². The summed E-state index contributed by atoms with van der Waals surface area (Å²) in [6.07, 6.45) is 5.18. The molecule has 1 aliphatic carbocycles. The lowest BCUT2D eigenvalue weighted by Gasteiger charge is -2.36. The third-order valence-electron chi connectivity index (χ3n) is 5.88. The van der Waals surface area contributed by atoms with Gasteiger partial charge in [0.05, 0.1) is 25.6 Å². The number of amides is 1. The SMILES string of the molecule is COc1ccc(-c2n[nH]c(C)c2CC(=O)NCC2(CC(=O)O)CCCCC2)cc1. The predicted octanol–water partition coefficient (Wildman–Crippen LogP) is 3.48. The lowest BCUT2D eigenvalue weighted by Crippen LogP contribution is -2.41. The zero-order chi connectivity index (χ0) is 20.9. The van der Waals surface area contributed by atoms with Crippen molar-refractivity contribution in [3.05, 3.63) is 35.5 Å². The van der Waals surface area contributed by atoms with Crippen molar-refractivity contribution in [2.75, 3.05) is 13.7 Å². The standard InChI is InChI=1S/C22H29N3O4/c1-15-18(21(25-24-15)16-6-8-17(29-2)9-7-16)12-19(26)23-14-22(13-20(27)28)10-4-3-5-11-22/h6-9H,3-5,10-14H2,1-2H3,(H,23,26)(H,24,25)(H,27,28). The Morgan fingerprint density at radius 2 is 1.90 bits per heavy atom. The van der Waals surface area contributed by atoms with Crippen LogP contribution in [0.25, 0.3) is 11.3 Å². The van der Waals surface area contributed by atoms with E-state index in [1.807, 2.05) is 31.2 Å². The molecular weight excluding hydrogens is 370 g/mol. The Kier molecular flexibility index (Phi) is 6.56. The number of ether oxygens (including phenoxy) is 1. The van der Waals surface area contributed by atoms with Gasteiger partial charge in [0.2, 0.25) is 5.91 Å². The zero-order valence-corrected chi connectivity index (χ0v) is 17.1. The average Bonchev–Trinajstić information content (AvgIpc) is 3.07. The van der Waals surface area contributed by atoms with E-state index in [2.05, 4.69) is 15.5 Å². The molecule has 0 spiro atoms. The third kappa shape index (κ3) is 5.16. The van der Waals surface area contributed by atoms with Crippen molar-refractivity contribution in [1.29, 1.82) is 0 Å². The van der Waals surface area contributed by atoms with Gasteiger partial charge >= 0.3 is 5.97 Å². The summed E-state index contributed by atoms with van der Waals surface area (Å²) < 4.78 is 5.20. The Morgan fingerprint density at radius 3 is 2.52 bits per heavy atom. The van der Waals surface area contributed by atoms with Crippen molar-refractivity contribution in [2.24, 2.45) is 5.41 Å². The summed E-state index contributed by atoms with van der Waals surface area (Å²) in [5.41, 5.74) is 3.03. The first-order chi connectivity index (χ1) is 13.9. The molecule has 0 atom stereocenters. The fourth-order valence-corrected chi connectivity index (χ4v) is 4.20. The largest absolute Gasteiger partial charge is 0.497 e. The number of rotatable bonds is 8. The maximum Gasteiger partial charge on any atom is 0.303 e. The fraction of sp³-hybridized carbons (Fsp3) is 0.500. The second-order valence-corrected chi connectivity index (χ2v) is 7.99. The van der Waals surface area contributed by atoms with Crippen LogP contribution in [-0.4, -0.2) is 40.8 Å². The van der Waals surface area contributed by atoms with Crippen molar-refractivity contribution in [3.8, 4) is 17.0 Å². The van der Waals surface area contributed by atoms with Crippen molar-refractivity contribution in [2.45, 2.75) is 51.9 Å². The highest BCUT2D eigenvalue weighted by Crippen LogP contribution is 2.38. The van der Waals surface area contributed by atoms with Crippen LogP contribution in [0.2, 0.25) is 0 Å². The van der Waals surface area contributed by atoms with E-state index in [9.17, 15) is 14.7 Å². The molecule has 1 amide bonds. The number of hydrogen-bond donors (Lipinski definition) is 3. The highest BCUT2D eigenvalue weighted by molar-refractivity contribution is 5.81. The summed E-state index contributed by atoms with van der Waals surface area (Å²) in [6.45, 7) is 2.31. The van der Waals surface area contributed by atoms with Crippen LogP contribution in [0.15, 0.2) is 24.3 Å². The van der Waals surface area contributed by atoms with Crippen LogP contribution in [0.4, 0.5) is 0 Å². The van der Waals surface area contributed by atoms with E-state index >= 15 is 0 Å². The minimum absolute atomic E-state index is 0.106. The van der Waals surface area contributed by atoms with Crippen LogP contribution >= 0.6 is 0 Å². The molecule has 7 heteroatoms. The monoisotopic (exact) mass is 399 g/mol. The number of nitrogens with one attached hydrogen (secondary N) is 2. The minimum atomic E-state index is -0.798. The highest BCUT2D eigenvalue weighted by atomic mass is 16.5. The number of aliphatic carboxylic acids is 1. The first kappa shape index (κ1) is 20.9. The molecule has 2 aromatic rings. The number of carbonyl (C=O) groups excluding carboxylic acids is 1. The van der Waals surface area contributed by atoms with Crippen LogP contribution in [-0.2, 0) is 16.0 Å². The molecule has 3 N–H and O–H groups in total. The molecule has 1 fully saturated rings. The zero-order valence-electron chi connectivity index (χ0n) is 17.1. The molecule has 0 bridgehead atoms. The molecule has 0 unspecified atom stereocenters. The fourth-order valence-electron chi connectivity index (χ4n) is 4.20. The van der Waals surface area contributed by atoms with Gasteiger partial charge in [-0.2, -0.15) is 5.10 Å². The first-order valence-corrected chi connectivity index (χ1v) is 10.1. The van der Waals surface area contributed by atoms with Crippen molar-refractivity contribution in [3.63, 3.8) is 0 Å². The molecule has 0 saturated heterocycles. The maximum atomic E-state index is 12.7. The molecule has 1 saturated carbocycles. The lowest BCUT2D eigenvalue weighted by atomic mass is 9.71. The van der Waals surface area contributed by atoms with Crippen LogP contribution < -0.4 is 10.1 Å². The van der Waals surface area contributed by atoms with Gasteiger partial charge in [-0.25, -0.2) is 0 Å². The Balaban J connectivity index is 1.69. The van der Waals surface area contributed by atoms with Gasteiger partial charge in [-0.15, -0.1) is 0 Å². The number of nitrogens with zero attached hydrogens (tertiary/aromatic N) is 1. The molecule has 1 aromatic heterocycles. The van der Waals surface area contributed by atoms with E-state index in [4.69, 9.17) is 4.74 Å². The molecule has 156 valence electrons. The number of carboxylic acid groups (broad SMARTS) is 1. The van der Waals surface area contributed by atoms with Crippen molar-refractivity contribution in [1.82, 2.24) is 15.5 Å². The summed E-state index contributed by atoms with van der Waals surface area (Å²) in [7, 11) is 1.62. The van der Waals surface area contributed by atoms with E-state index in [1.165, 1.54) is 0 Å². The summed E-state index contributed by atoms with van der Waals surface area (Å²) in [5, 5.41) is 19.6. The summed E-state index contributed by atoms with van der Waals surface area (Å²) >= 11 is 0. The minimum Gasteiger partial charge on any atom is -0.497 e. The average molecular weight is 399 g/mol. The van der Waals surface area contributed by atoms with Crippen molar-refractivity contribution < 1.29 is 19.4 Å². The Morgan fingerprint density at radius 1 is 1.21 bits per heavy atom. The number of carboxylic acids is 1. The van der Waals surface area contributed by atoms with Crippen LogP contribution in [0, 0.1) is 12.3 Å². The van der Waals surface area contributed by atoms with Gasteiger partial charge < -0.3 is 15.2 Å². The molecular formula is C22H29N3O4. The van der Waals surface area contributed by atoms with Gasteiger partial charge in [0.15, 0.2) is 0 Å². The molecule has 0 aliphatic heterocycles. The van der Waals surface area contributed by atoms with Crippen molar-refractivity contribution >= 4 is 11.9 Å². The summed E-state index contributed by atoms with van der Waals surface area (Å²) in [4.78, 5) is 24.0. The van der Waals surface area contributed by atoms with Crippen LogP contribution in [0.5, 0.6) is 5.75 Å². The number of methoxy groups -OCH3 is 1. The third-order valence-corrected chi connectivity index (χ3v) is 5.88. The molecule has 3 rings (SSSR count). The molecule has 1 heterocycles. The number of carbonyl (C=O) groups is 2. The molecule has 1 aliphatic rings. The number of benzene rings is 1. The number of aryl methyl sites for hydroxylation is 1. The summed E-state index contributed by atoms with van der Waals surface area (Å²) in [6, 6.07) is 7.56. The topological polar surface area (TPSA) is 104 Å². The number of H-pyrrole nitrogens is 1. The molecule has 0 radical (unpaired) electrons. The van der Waals surface area contributed by atoms with E-state index in [0.29, 0.717) is 6.54 Å². The van der Waals surface area contributed by atoms with E-state index in [0.717, 1.165) is 60.4 Å². The van der Waals surface area contributed by atoms with E-state index < -0.39 is 5.97 Å². The quantitative estimate of drug-likeness (QED) is 0.630. The van der Waals surface area contributed by atoms with Gasteiger partial charge in [0.1, 0.15) is 5.75 Å². The number of aromatic amines is 1.